The number of ether oxygens (including phenoxy) is 3. The molecule has 0 heterocycles. The van der Waals surface area contributed by atoms with Crippen LogP contribution in [0.25, 0.3) is 0 Å². The third kappa shape index (κ3) is 6.14. The first-order valence-corrected chi connectivity index (χ1v) is 12.5. The van der Waals surface area contributed by atoms with Gasteiger partial charge in [-0.25, -0.2) is 13.2 Å². The van der Waals surface area contributed by atoms with E-state index < -0.39 is 21.9 Å². The van der Waals surface area contributed by atoms with Gasteiger partial charge in [0.15, 0.2) is 11.5 Å². The quantitative estimate of drug-likeness (QED) is 0.399. The van der Waals surface area contributed by atoms with Crippen LogP contribution >= 0.6 is 0 Å². The second kappa shape index (κ2) is 11.6. The van der Waals surface area contributed by atoms with Crippen LogP contribution in [0.2, 0.25) is 0 Å². The number of anilines is 1. The lowest BCUT2D eigenvalue weighted by molar-refractivity contribution is 0.0599. The maximum atomic E-state index is 13.0. The van der Waals surface area contributed by atoms with E-state index in [9.17, 15) is 18.0 Å². The van der Waals surface area contributed by atoms with Crippen LogP contribution in [0.5, 0.6) is 11.5 Å². The van der Waals surface area contributed by atoms with Crippen molar-refractivity contribution in [2.75, 3.05) is 32.6 Å². The first-order chi connectivity index (χ1) is 17.2. The van der Waals surface area contributed by atoms with Crippen molar-refractivity contribution < 1.29 is 32.2 Å². The number of nitrogens with one attached hydrogen (secondary N) is 2. The minimum absolute atomic E-state index is 0.112. The second-order valence-corrected chi connectivity index (χ2v) is 9.50. The van der Waals surface area contributed by atoms with E-state index in [2.05, 4.69) is 10.0 Å². The summed E-state index contributed by atoms with van der Waals surface area (Å²) in [7, 11) is 0.237. The standard InChI is InChI=1S/C26H28N2O7S/c1-17-9-11-19(16-21(17)26(30)35-4)36(31,32)28-22-8-6-5-7-20(22)25(29)27-14-13-18-10-12-23(33-2)24(15-18)34-3/h5-12,15-16,28H,13-14H2,1-4H3,(H,27,29). The monoisotopic (exact) mass is 512 g/mol. The molecule has 10 heteroatoms. The Balaban J connectivity index is 1.74. The van der Waals surface area contributed by atoms with Gasteiger partial charge in [-0.1, -0.05) is 24.3 Å². The summed E-state index contributed by atoms with van der Waals surface area (Å²) in [6.07, 6.45) is 0.527. The molecule has 0 aliphatic carbocycles. The molecule has 0 saturated carbocycles. The minimum Gasteiger partial charge on any atom is -0.493 e. The minimum atomic E-state index is -4.09. The van der Waals surface area contributed by atoms with Crippen LogP contribution in [0.15, 0.2) is 65.6 Å². The maximum absolute atomic E-state index is 13.0. The molecule has 9 nitrogen and oxygen atoms in total. The lowest BCUT2D eigenvalue weighted by Gasteiger charge is -2.14. The lowest BCUT2D eigenvalue weighted by Crippen LogP contribution is -2.27. The molecule has 3 rings (SSSR count). The van der Waals surface area contributed by atoms with Crippen molar-refractivity contribution in [3.63, 3.8) is 0 Å². The Morgan fingerprint density at radius 3 is 2.28 bits per heavy atom. The first kappa shape index (κ1) is 26.6. The van der Waals surface area contributed by atoms with E-state index in [0.29, 0.717) is 30.0 Å². The summed E-state index contributed by atoms with van der Waals surface area (Å²) in [4.78, 5) is 24.7. The van der Waals surface area contributed by atoms with Crippen LogP contribution in [-0.2, 0) is 21.2 Å². The number of carbonyl (C=O) groups is 2. The third-order valence-corrected chi connectivity index (χ3v) is 6.85. The molecule has 0 spiro atoms. The van der Waals surface area contributed by atoms with Gasteiger partial charge in [0.25, 0.3) is 15.9 Å². The Morgan fingerprint density at radius 1 is 0.861 bits per heavy atom. The van der Waals surface area contributed by atoms with E-state index in [0.717, 1.165) is 5.56 Å². The molecule has 0 radical (unpaired) electrons. The van der Waals surface area contributed by atoms with Gasteiger partial charge in [0.1, 0.15) is 0 Å². The molecule has 36 heavy (non-hydrogen) atoms. The summed E-state index contributed by atoms with van der Waals surface area (Å²) in [5.74, 6) is 0.123. The van der Waals surface area contributed by atoms with Gasteiger partial charge in [0.2, 0.25) is 0 Å². The van der Waals surface area contributed by atoms with E-state index in [1.165, 1.54) is 37.4 Å². The molecule has 0 aliphatic rings. The molecule has 0 saturated heterocycles. The number of hydrogen-bond donors (Lipinski definition) is 2. The van der Waals surface area contributed by atoms with E-state index in [1.807, 2.05) is 12.1 Å². The molecule has 0 aliphatic heterocycles. The van der Waals surface area contributed by atoms with E-state index in [-0.39, 0.29) is 21.7 Å². The second-order valence-electron chi connectivity index (χ2n) is 7.81. The number of aryl methyl sites for hydroxylation is 1. The van der Waals surface area contributed by atoms with Crippen molar-refractivity contribution in [3.8, 4) is 11.5 Å². The highest BCUT2D eigenvalue weighted by molar-refractivity contribution is 7.92. The predicted molar refractivity (Wildman–Crippen MR) is 135 cm³/mol. The van der Waals surface area contributed by atoms with E-state index >= 15 is 0 Å². The van der Waals surface area contributed by atoms with Gasteiger partial charge in [-0.05, 0) is 60.9 Å². The summed E-state index contributed by atoms with van der Waals surface area (Å²) in [6, 6.07) is 15.9. The number of carbonyl (C=O) groups excluding carboxylic acids is 2. The van der Waals surface area contributed by atoms with Crippen molar-refractivity contribution in [1.82, 2.24) is 5.32 Å². The predicted octanol–water partition coefficient (Wildman–Crippen LogP) is 3.57. The molecule has 0 aromatic heterocycles. The molecule has 0 bridgehead atoms. The highest BCUT2D eigenvalue weighted by Crippen LogP contribution is 2.27. The van der Waals surface area contributed by atoms with Gasteiger partial charge < -0.3 is 19.5 Å². The summed E-state index contributed by atoms with van der Waals surface area (Å²) in [5.41, 5.74) is 1.93. The maximum Gasteiger partial charge on any atom is 0.338 e. The fraction of sp³-hybridized carbons (Fsp3) is 0.231. The number of esters is 1. The van der Waals surface area contributed by atoms with Gasteiger partial charge in [-0.15, -0.1) is 0 Å². The first-order valence-electron chi connectivity index (χ1n) is 11.0. The Morgan fingerprint density at radius 2 is 1.58 bits per heavy atom. The smallest absolute Gasteiger partial charge is 0.338 e. The average Bonchev–Trinajstić information content (AvgIpc) is 2.88. The van der Waals surface area contributed by atoms with E-state index in [4.69, 9.17) is 14.2 Å². The van der Waals surface area contributed by atoms with Crippen LogP contribution in [0.4, 0.5) is 5.69 Å². The number of amides is 1. The van der Waals surface area contributed by atoms with Crippen LogP contribution in [0.1, 0.15) is 31.8 Å². The normalized spacial score (nSPS) is 10.9. The van der Waals surface area contributed by atoms with Crippen molar-refractivity contribution in [2.45, 2.75) is 18.2 Å². The molecule has 0 unspecified atom stereocenters. The number of rotatable bonds is 10. The summed E-state index contributed by atoms with van der Waals surface area (Å²) < 4.78 is 43.8. The number of hydrogen-bond acceptors (Lipinski definition) is 7. The Kier molecular flexibility index (Phi) is 8.55. The van der Waals surface area contributed by atoms with Crippen molar-refractivity contribution in [1.29, 1.82) is 0 Å². The van der Waals surface area contributed by atoms with Crippen molar-refractivity contribution in [2.24, 2.45) is 0 Å². The Labute approximate surface area is 210 Å². The fourth-order valence-electron chi connectivity index (χ4n) is 3.52. The summed E-state index contributed by atoms with van der Waals surface area (Å²) >= 11 is 0. The number of methoxy groups -OCH3 is 3. The molecule has 190 valence electrons. The molecule has 1 amide bonds. The topological polar surface area (TPSA) is 120 Å². The van der Waals surface area contributed by atoms with Gasteiger partial charge in [0.05, 0.1) is 43.0 Å². The fourth-order valence-corrected chi connectivity index (χ4v) is 4.63. The number of sulfonamides is 1. The van der Waals surface area contributed by atoms with Gasteiger partial charge in [-0.2, -0.15) is 0 Å². The molecule has 0 fully saturated rings. The molecular weight excluding hydrogens is 484 g/mol. The third-order valence-electron chi connectivity index (χ3n) is 5.49. The van der Waals surface area contributed by atoms with Gasteiger partial charge in [0, 0.05) is 6.54 Å². The van der Waals surface area contributed by atoms with Crippen LogP contribution in [-0.4, -0.2) is 48.2 Å². The largest absolute Gasteiger partial charge is 0.493 e. The lowest BCUT2D eigenvalue weighted by atomic mass is 10.1. The highest BCUT2D eigenvalue weighted by Gasteiger charge is 2.21. The van der Waals surface area contributed by atoms with Crippen LogP contribution < -0.4 is 19.5 Å². The molecule has 3 aromatic rings. The molecular formula is C26H28N2O7S. The highest BCUT2D eigenvalue weighted by atomic mass is 32.2. The molecule has 3 aromatic carbocycles. The summed E-state index contributed by atoms with van der Waals surface area (Å²) in [6.45, 7) is 1.99. The van der Waals surface area contributed by atoms with Crippen molar-refractivity contribution >= 4 is 27.6 Å². The molecule has 2 N–H and O–H groups in total. The average molecular weight is 513 g/mol. The summed E-state index contributed by atoms with van der Waals surface area (Å²) in [5, 5.41) is 2.81. The Hall–Kier alpha value is -4.05. The van der Waals surface area contributed by atoms with Gasteiger partial charge >= 0.3 is 5.97 Å². The SMILES string of the molecule is COC(=O)c1cc(S(=O)(=O)Nc2ccccc2C(=O)NCCc2ccc(OC)c(OC)c2)ccc1C. The van der Waals surface area contributed by atoms with Crippen LogP contribution in [0, 0.1) is 6.92 Å². The zero-order valence-electron chi connectivity index (χ0n) is 20.5. The molecule has 0 atom stereocenters. The zero-order chi connectivity index (χ0) is 26.3. The Bertz CT molecular complexity index is 1370. The van der Waals surface area contributed by atoms with Crippen LogP contribution in [0.3, 0.4) is 0 Å². The van der Waals surface area contributed by atoms with Gasteiger partial charge in [-0.3, -0.25) is 9.52 Å². The number of para-hydroxylation sites is 1. The number of benzene rings is 3. The van der Waals surface area contributed by atoms with Crippen molar-refractivity contribution in [3.05, 3.63) is 82.9 Å². The van der Waals surface area contributed by atoms with E-state index in [1.54, 1.807) is 39.3 Å². The zero-order valence-corrected chi connectivity index (χ0v) is 21.3.